The quantitative estimate of drug-likeness (QED) is 0.162. The average Bonchev–Trinajstić information content (AvgIpc) is 3.57. The van der Waals surface area contributed by atoms with E-state index in [9.17, 15) is 0 Å². The molecule has 1 aromatic heterocycles. The Morgan fingerprint density at radius 3 is 1.57 bits per heavy atom. The molecule has 4 aliphatic rings. The van der Waals surface area contributed by atoms with Crippen LogP contribution in [0.3, 0.4) is 0 Å². The van der Waals surface area contributed by atoms with Gasteiger partial charge in [-0.1, -0.05) is 148 Å². The molecule has 3 nitrogen and oxygen atoms in total. The van der Waals surface area contributed by atoms with E-state index in [2.05, 4.69) is 201 Å². The molecule has 0 bridgehead atoms. The van der Waals surface area contributed by atoms with Crippen LogP contribution in [0.15, 0.2) is 71.1 Å². The summed E-state index contributed by atoms with van der Waals surface area (Å²) in [6.07, 6.45) is 4.59. The monoisotopic (exact) mass is 813 g/mol. The minimum Gasteiger partial charge on any atom is -0.444 e. The van der Waals surface area contributed by atoms with Gasteiger partial charge in [-0.15, -0.1) is 0 Å². The Morgan fingerprint density at radius 2 is 1.00 bits per heavy atom. The Morgan fingerprint density at radius 1 is 0.492 bits per heavy atom. The fourth-order valence-corrected chi connectivity index (χ4v) is 11.3. The lowest BCUT2D eigenvalue weighted by molar-refractivity contribution is 0.280. The summed E-state index contributed by atoms with van der Waals surface area (Å²) in [7, 11) is 0. The van der Waals surface area contributed by atoms with Crippen molar-refractivity contribution in [2.45, 2.75) is 188 Å². The van der Waals surface area contributed by atoms with Crippen LogP contribution in [0.4, 0.5) is 34.3 Å². The molecular formula is C57H73BN2O. The number of benzene rings is 4. The maximum atomic E-state index is 7.70. The molecule has 3 heterocycles. The predicted octanol–water partition coefficient (Wildman–Crippen LogP) is 14.3. The highest BCUT2D eigenvalue weighted by Crippen LogP contribution is 2.55. The van der Waals surface area contributed by atoms with Crippen LogP contribution in [0.2, 0.25) is 0 Å². The zero-order chi connectivity index (χ0) is 44.4. The Hall–Kier alpha value is -4.18. The highest BCUT2D eigenvalue weighted by Gasteiger charge is 2.53. The lowest BCUT2D eigenvalue weighted by Gasteiger charge is -2.46. The summed E-state index contributed by atoms with van der Waals surface area (Å²) in [5.74, 6) is 2.20. The molecule has 0 N–H and O–H groups in total. The molecule has 0 saturated heterocycles. The fourth-order valence-electron chi connectivity index (χ4n) is 11.3. The smallest absolute Gasteiger partial charge is 0.256 e. The van der Waals surface area contributed by atoms with Crippen molar-refractivity contribution < 1.29 is 4.42 Å². The van der Waals surface area contributed by atoms with Gasteiger partial charge in [0, 0.05) is 28.2 Å². The van der Waals surface area contributed by atoms with Gasteiger partial charge in [0.2, 0.25) is 0 Å². The van der Waals surface area contributed by atoms with Gasteiger partial charge >= 0.3 is 0 Å². The standard InChI is InChI=1S/C57H73BN2O/c1-34-29-39-40(55(13,14)26-25-54(39,11)12)33-43(34)60-45-32-37(53(8,9)10)31-44-47(45)58(48-46-49(61-50(48)60)57(17,18)28-27-56(46,15)16)41-30-36(52(5,6)7)21-24-42(41)59(44)38-22-19-35(20-23-38)51(2,3)4/h19-24,29-33H,25-28H2,1-18H3. The van der Waals surface area contributed by atoms with E-state index >= 15 is 0 Å². The van der Waals surface area contributed by atoms with E-state index in [1.165, 1.54) is 102 Å². The molecule has 0 fully saturated rings. The minimum absolute atomic E-state index is 0.00153. The number of nitrogens with zero attached hydrogens (tertiary/aromatic N) is 2. The molecule has 5 aromatic rings. The normalized spacial score (nSPS) is 19.5. The Balaban J connectivity index is 1.46. The van der Waals surface area contributed by atoms with Crippen LogP contribution in [-0.2, 0) is 37.9 Å². The molecule has 0 saturated carbocycles. The molecule has 0 spiro atoms. The van der Waals surface area contributed by atoms with Crippen molar-refractivity contribution in [3.8, 4) is 0 Å². The lowest BCUT2D eigenvalue weighted by Crippen LogP contribution is -2.63. The minimum atomic E-state index is -0.103. The third kappa shape index (κ3) is 6.41. The first-order valence-corrected chi connectivity index (χ1v) is 23.4. The van der Waals surface area contributed by atoms with E-state index in [1.807, 2.05) is 0 Å². The van der Waals surface area contributed by atoms with Gasteiger partial charge < -0.3 is 9.32 Å². The highest BCUT2D eigenvalue weighted by atomic mass is 16.4. The number of aryl methyl sites for hydroxylation is 1. The van der Waals surface area contributed by atoms with Crippen LogP contribution in [0, 0.1) is 6.92 Å². The van der Waals surface area contributed by atoms with Crippen molar-refractivity contribution in [2.75, 3.05) is 9.80 Å². The van der Waals surface area contributed by atoms with Crippen LogP contribution in [-0.4, -0.2) is 6.71 Å². The van der Waals surface area contributed by atoms with Crippen molar-refractivity contribution in [3.63, 3.8) is 0 Å². The molecule has 9 rings (SSSR count). The van der Waals surface area contributed by atoms with Gasteiger partial charge in [0.15, 0.2) is 5.88 Å². The molecule has 61 heavy (non-hydrogen) atoms. The highest BCUT2D eigenvalue weighted by molar-refractivity contribution is 7.00. The molecule has 0 amide bonds. The third-order valence-corrected chi connectivity index (χ3v) is 15.7. The van der Waals surface area contributed by atoms with Crippen molar-refractivity contribution in [1.82, 2.24) is 0 Å². The van der Waals surface area contributed by atoms with E-state index in [-0.39, 0.29) is 44.6 Å². The number of rotatable bonds is 2. The number of anilines is 6. The number of fused-ring (bicyclic) bond motifs is 7. The number of hydrogen-bond donors (Lipinski definition) is 0. The summed E-state index contributed by atoms with van der Waals surface area (Å²) in [4.78, 5) is 5.21. The van der Waals surface area contributed by atoms with Gasteiger partial charge in [-0.2, -0.15) is 0 Å². The van der Waals surface area contributed by atoms with Crippen molar-refractivity contribution in [3.05, 3.63) is 111 Å². The first-order valence-electron chi connectivity index (χ1n) is 23.4. The second-order valence-corrected chi connectivity index (χ2v) is 25.3. The van der Waals surface area contributed by atoms with E-state index < -0.39 is 0 Å². The Labute approximate surface area is 369 Å². The predicted molar refractivity (Wildman–Crippen MR) is 264 cm³/mol. The van der Waals surface area contributed by atoms with Gasteiger partial charge in [-0.05, 0) is 157 Å². The molecule has 2 aliphatic carbocycles. The molecule has 0 atom stereocenters. The molecule has 0 radical (unpaired) electrons. The van der Waals surface area contributed by atoms with Gasteiger partial charge in [0.05, 0.1) is 5.69 Å². The maximum absolute atomic E-state index is 7.70. The van der Waals surface area contributed by atoms with Gasteiger partial charge in [-0.25, -0.2) is 0 Å². The fraction of sp³-hybridized carbons (Fsp3) is 0.509. The second kappa shape index (κ2) is 13.0. The summed E-state index contributed by atoms with van der Waals surface area (Å²) >= 11 is 0. The zero-order valence-corrected chi connectivity index (χ0v) is 41.1. The first kappa shape index (κ1) is 42.1. The third-order valence-electron chi connectivity index (χ3n) is 15.7. The molecule has 4 heteroatoms. The molecule has 320 valence electrons. The number of hydrogen-bond acceptors (Lipinski definition) is 3. The molecule has 4 aromatic carbocycles. The summed E-state index contributed by atoms with van der Waals surface area (Å²) in [6.45, 7) is 43.1. The Bertz CT molecular complexity index is 2610. The lowest BCUT2D eigenvalue weighted by atomic mass is 9.32. The van der Waals surface area contributed by atoms with Crippen LogP contribution >= 0.6 is 0 Å². The first-order chi connectivity index (χ1) is 28.0. The van der Waals surface area contributed by atoms with Crippen molar-refractivity contribution in [1.29, 1.82) is 0 Å². The summed E-state index contributed by atoms with van der Waals surface area (Å²) in [5.41, 5.74) is 20.1. The van der Waals surface area contributed by atoms with Crippen LogP contribution in [0.25, 0.3) is 0 Å². The zero-order valence-electron chi connectivity index (χ0n) is 41.1. The van der Waals surface area contributed by atoms with E-state index in [1.54, 1.807) is 0 Å². The van der Waals surface area contributed by atoms with Crippen molar-refractivity contribution in [2.24, 2.45) is 0 Å². The maximum Gasteiger partial charge on any atom is 0.256 e. The van der Waals surface area contributed by atoms with Crippen LogP contribution < -0.4 is 26.2 Å². The summed E-state index contributed by atoms with van der Waals surface area (Å²) in [5, 5.41) is 0. The van der Waals surface area contributed by atoms with Gasteiger partial charge in [0.25, 0.3) is 6.71 Å². The molecular weight excluding hydrogens is 739 g/mol. The topological polar surface area (TPSA) is 19.6 Å². The van der Waals surface area contributed by atoms with Gasteiger partial charge in [0.1, 0.15) is 5.76 Å². The summed E-state index contributed by atoms with van der Waals surface area (Å²) < 4.78 is 7.70. The van der Waals surface area contributed by atoms with E-state index in [0.717, 1.165) is 18.7 Å². The largest absolute Gasteiger partial charge is 0.444 e. The van der Waals surface area contributed by atoms with Crippen LogP contribution in [0.5, 0.6) is 0 Å². The number of furan rings is 1. The summed E-state index contributed by atoms with van der Waals surface area (Å²) in [6, 6.07) is 27.0. The van der Waals surface area contributed by atoms with E-state index in [4.69, 9.17) is 4.42 Å². The van der Waals surface area contributed by atoms with Crippen LogP contribution in [0.1, 0.15) is 188 Å². The molecule has 0 unspecified atom stereocenters. The molecule has 2 aliphatic heterocycles. The van der Waals surface area contributed by atoms with Crippen molar-refractivity contribution >= 4 is 57.4 Å². The average molecular weight is 813 g/mol. The Kier molecular flexibility index (Phi) is 8.95. The van der Waals surface area contributed by atoms with E-state index in [0.29, 0.717) is 0 Å². The SMILES string of the molecule is Cc1cc2c(cc1N1c3cc(C(C)(C)C)cc4c3B(c3cc(C(C)(C)C)ccc3N4c3ccc(C(C)(C)C)cc3)c3c1oc1c3C(C)(C)CCC1(C)C)C(C)(C)CCC2(C)C. The van der Waals surface area contributed by atoms with Gasteiger partial charge in [-0.3, -0.25) is 4.90 Å². The second-order valence-electron chi connectivity index (χ2n) is 25.3.